The molecule has 5 heteroatoms. The van der Waals surface area contributed by atoms with Crippen LogP contribution >= 0.6 is 0 Å². The van der Waals surface area contributed by atoms with E-state index in [1.165, 1.54) is 5.52 Å². The third kappa shape index (κ3) is 3.99. The van der Waals surface area contributed by atoms with E-state index in [0.717, 1.165) is 49.9 Å². The predicted octanol–water partition coefficient (Wildman–Crippen LogP) is 1.51. The van der Waals surface area contributed by atoms with E-state index in [4.69, 9.17) is 10.5 Å². The number of nitrogens with zero attached hydrogens (tertiary/aromatic N) is 2. The first-order chi connectivity index (χ1) is 12.7. The summed E-state index contributed by atoms with van der Waals surface area (Å²) in [5.74, 6) is 1.69. The molecule has 5 nitrogen and oxygen atoms in total. The Bertz CT molecular complexity index is 825. The number of rotatable bonds is 9. The minimum absolute atomic E-state index is 0.591. The minimum Gasteiger partial charge on any atom is -0.490 e. The Morgan fingerprint density at radius 2 is 1.69 bits per heavy atom. The number of benzene rings is 2. The normalized spacial score (nSPS) is 11.3. The van der Waals surface area contributed by atoms with E-state index in [0.29, 0.717) is 6.61 Å². The van der Waals surface area contributed by atoms with Crippen LogP contribution < -0.4 is 19.9 Å². The zero-order valence-corrected chi connectivity index (χ0v) is 15.8. The highest BCUT2D eigenvalue weighted by molar-refractivity contribution is 5.73. The van der Waals surface area contributed by atoms with Gasteiger partial charge in [-0.25, -0.2) is 9.13 Å². The van der Waals surface area contributed by atoms with Crippen LogP contribution in [0, 0.1) is 0 Å². The third-order valence-electron chi connectivity index (χ3n) is 5.03. The zero-order valence-electron chi connectivity index (χ0n) is 15.8. The molecule has 1 heterocycles. The maximum Gasteiger partial charge on any atom is 0.356 e. The van der Waals surface area contributed by atoms with Crippen molar-refractivity contribution in [1.82, 2.24) is 4.57 Å². The van der Waals surface area contributed by atoms with Crippen molar-refractivity contribution >= 4 is 17.0 Å². The number of nitrogens with two attached hydrogens (primary N) is 1. The Hall–Kier alpha value is -2.53. The predicted molar refractivity (Wildman–Crippen MR) is 105 cm³/mol. The van der Waals surface area contributed by atoms with E-state index in [1.54, 1.807) is 4.90 Å². The molecule has 26 heavy (non-hydrogen) atoms. The summed E-state index contributed by atoms with van der Waals surface area (Å²) >= 11 is 0. The zero-order chi connectivity index (χ0) is 18.4. The molecule has 3 aromatic rings. The summed E-state index contributed by atoms with van der Waals surface area (Å²) in [6, 6.07) is 18.3. The number of nitrogens with one attached hydrogen (secondary N) is 1. The molecule has 0 amide bonds. The molecular weight excluding hydrogens is 324 g/mol. The van der Waals surface area contributed by atoms with E-state index < -0.39 is 0 Å². The molecule has 0 saturated carbocycles. The second kappa shape index (κ2) is 8.72. The quantitative estimate of drug-likeness (QED) is 0.573. The van der Waals surface area contributed by atoms with Gasteiger partial charge in [-0.2, -0.15) is 0 Å². The number of likely N-dealkylation sites (N-methyl/N-ethyl adjacent to an activating group) is 1. The summed E-state index contributed by atoms with van der Waals surface area (Å²) in [5.41, 5.74) is 8.88. The molecule has 3 N–H and O–H groups in total. The average molecular weight is 354 g/mol. The Balaban J connectivity index is 1.78. The molecule has 1 aromatic heterocycles. The van der Waals surface area contributed by atoms with Crippen LogP contribution in [-0.4, -0.2) is 30.8 Å². The van der Waals surface area contributed by atoms with Crippen LogP contribution in [0.1, 0.15) is 13.8 Å². The number of fused-ring (bicyclic) bond motifs is 1. The first kappa shape index (κ1) is 18.3. The van der Waals surface area contributed by atoms with E-state index in [1.807, 2.05) is 30.3 Å². The number of imidazole rings is 1. The van der Waals surface area contributed by atoms with Gasteiger partial charge < -0.3 is 9.64 Å². The number of ether oxygens (including phenoxy) is 1. The average Bonchev–Trinajstić information content (AvgIpc) is 2.95. The van der Waals surface area contributed by atoms with Gasteiger partial charge in [0.1, 0.15) is 43.0 Å². The third-order valence-corrected chi connectivity index (χ3v) is 5.03. The first-order valence-corrected chi connectivity index (χ1v) is 9.52. The summed E-state index contributed by atoms with van der Waals surface area (Å²) < 4.78 is 10.3. The number of hydrogen-bond donors (Lipinski definition) is 2. The molecule has 0 bridgehead atoms. The summed E-state index contributed by atoms with van der Waals surface area (Å²) in [6.07, 6.45) is 0. The lowest BCUT2D eigenvalue weighted by Gasteiger charge is -2.14. The Kier molecular flexibility index (Phi) is 6.12. The number of para-hydroxylation sites is 3. The molecule has 3 rings (SSSR count). The fourth-order valence-electron chi connectivity index (χ4n) is 3.43. The number of hydrogen-bond acceptors (Lipinski definition) is 2. The standard InChI is InChI=1S/C21H28N4O/c1-3-23(4-2)14-15-24-19-12-8-9-13-20(19)25(21(24)22)16-17-26-18-10-6-5-7-11-18/h5-13,22H,3-4,14-17H2,1-2H3/p+2. The molecule has 0 unspecified atom stereocenters. The van der Waals surface area contributed by atoms with E-state index in [2.05, 4.69) is 47.2 Å². The van der Waals surface area contributed by atoms with Crippen molar-refractivity contribution in [2.75, 3.05) is 32.0 Å². The van der Waals surface area contributed by atoms with E-state index >= 15 is 0 Å². The van der Waals surface area contributed by atoms with Gasteiger partial charge in [0.15, 0.2) is 0 Å². The van der Waals surface area contributed by atoms with Crippen LogP contribution in [0.25, 0.3) is 11.0 Å². The summed E-state index contributed by atoms with van der Waals surface area (Å²) in [6.45, 7) is 10.1. The van der Waals surface area contributed by atoms with Gasteiger partial charge in [0.2, 0.25) is 0 Å². The molecule has 2 aromatic carbocycles. The van der Waals surface area contributed by atoms with Gasteiger partial charge in [-0.3, -0.25) is 5.73 Å². The first-order valence-electron chi connectivity index (χ1n) is 9.52. The van der Waals surface area contributed by atoms with Crippen molar-refractivity contribution in [1.29, 1.82) is 0 Å². The second-order valence-electron chi connectivity index (χ2n) is 6.52. The van der Waals surface area contributed by atoms with Crippen molar-refractivity contribution in [3.63, 3.8) is 0 Å². The molecule has 0 aliphatic heterocycles. The van der Waals surface area contributed by atoms with Gasteiger partial charge in [0.25, 0.3) is 0 Å². The lowest BCUT2D eigenvalue weighted by molar-refractivity contribution is -0.913. The van der Waals surface area contributed by atoms with Gasteiger partial charge in [0.05, 0.1) is 13.1 Å². The Morgan fingerprint density at radius 1 is 1.00 bits per heavy atom. The van der Waals surface area contributed by atoms with Crippen LogP contribution in [0.15, 0.2) is 54.6 Å². The fraction of sp³-hybridized carbons (Fsp3) is 0.381. The lowest BCUT2D eigenvalue weighted by atomic mass is 10.3. The minimum atomic E-state index is 0.591. The van der Waals surface area contributed by atoms with Crippen LogP contribution in [0.5, 0.6) is 5.75 Å². The van der Waals surface area contributed by atoms with Crippen LogP contribution in [-0.2, 0) is 13.1 Å². The van der Waals surface area contributed by atoms with Crippen molar-refractivity contribution in [3.8, 4) is 5.75 Å². The molecule has 0 fully saturated rings. The van der Waals surface area contributed by atoms with Gasteiger partial charge in [-0.05, 0) is 38.1 Å². The summed E-state index contributed by atoms with van der Waals surface area (Å²) in [7, 11) is 0. The van der Waals surface area contributed by atoms with Crippen LogP contribution in [0.2, 0.25) is 0 Å². The maximum atomic E-state index is 6.53. The Morgan fingerprint density at radius 3 is 2.42 bits per heavy atom. The monoisotopic (exact) mass is 354 g/mol. The number of quaternary nitrogens is 1. The van der Waals surface area contributed by atoms with Crippen molar-refractivity contribution in [2.45, 2.75) is 26.9 Å². The summed E-state index contributed by atoms with van der Waals surface area (Å²) in [5, 5.41) is 0. The van der Waals surface area contributed by atoms with Gasteiger partial charge in [-0.15, -0.1) is 0 Å². The van der Waals surface area contributed by atoms with Crippen LogP contribution in [0.3, 0.4) is 0 Å². The van der Waals surface area contributed by atoms with Gasteiger partial charge >= 0.3 is 5.95 Å². The number of nitrogen functional groups attached to an aromatic ring is 1. The van der Waals surface area contributed by atoms with Crippen molar-refractivity contribution in [3.05, 3.63) is 54.6 Å². The Labute approximate surface area is 155 Å². The molecule has 0 aliphatic carbocycles. The number of anilines is 1. The molecule has 0 aliphatic rings. The number of aromatic nitrogens is 2. The largest absolute Gasteiger partial charge is 0.490 e. The van der Waals surface area contributed by atoms with Crippen LogP contribution in [0.4, 0.5) is 5.95 Å². The molecule has 0 saturated heterocycles. The SMILES string of the molecule is CC[NH+](CC)CC[n+]1c(N)n(CCOc2ccccc2)c2ccccc21. The maximum absolute atomic E-state index is 6.53. The highest BCUT2D eigenvalue weighted by Gasteiger charge is 2.21. The van der Waals surface area contributed by atoms with Crippen molar-refractivity contribution < 1.29 is 14.2 Å². The highest BCUT2D eigenvalue weighted by atomic mass is 16.5. The second-order valence-corrected chi connectivity index (χ2v) is 6.52. The van der Waals surface area contributed by atoms with Gasteiger partial charge in [-0.1, -0.05) is 30.3 Å². The van der Waals surface area contributed by atoms with Gasteiger partial charge in [0, 0.05) is 0 Å². The molecular formula is C21H30N4O+2. The van der Waals surface area contributed by atoms with Crippen molar-refractivity contribution in [2.24, 2.45) is 0 Å². The van der Waals surface area contributed by atoms with E-state index in [-0.39, 0.29) is 0 Å². The fourth-order valence-corrected chi connectivity index (χ4v) is 3.43. The molecule has 138 valence electrons. The summed E-state index contributed by atoms with van der Waals surface area (Å²) in [4.78, 5) is 1.58. The van der Waals surface area contributed by atoms with E-state index in [9.17, 15) is 0 Å². The lowest BCUT2D eigenvalue weighted by Crippen LogP contribution is -3.12. The molecule has 0 atom stereocenters. The highest BCUT2D eigenvalue weighted by Crippen LogP contribution is 2.16. The molecule has 0 spiro atoms. The topological polar surface area (TPSA) is 48.5 Å². The molecule has 0 radical (unpaired) electrons. The smallest absolute Gasteiger partial charge is 0.356 e.